The molecule has 0 aliphatic carbocycles. The van der Waals surface area contributed by atoms with Crippen LogP contribution in [-0.2, 0) is 10.0 Å². The Morgan fingerprint density at radius 3 is 2.81 bits per heavy atom. The van der Waals surface area contributed by atoms with E-state index in [-0.39, 0.29) is 0 Å². The maximum Gasteiger partial charge on any atom is 0.235 e. The van der Waals surface area contributed by atoms with E-state index in [1.165, 1.54) is 12.8 Å². The molecule has 94 valence electrons. The zero-order chi connectivity index (χ0) is 12.2. The predicted molar refractivity (Wildman–Crippen MR) is 67.5 cm³/mol. The zero-order valence-electron chi connectivity index (χ0n) is 10.4. The maximum atomic E-state index is 11.7. The van der Waals surface area contributed by atoms with E-state index in [9.17, 15) is 8.42 Å². The molecule has 2 unspecified atom stereocenters. The second-order valence-electron chi connectivity index (χ2n) is 4.74. The molecule has 1 rings (SSSR count). The van der Waals surface area contributed by atoms with Crippen molar-refractivity contribution in [2.45, 2.75) is 39.5 Å². The van der Waals surface area contributed by atoms with E-state index in [1.54, 1.807) is 4.31 Å². The monoisotopic (exact) mass is 245 g/mol. The first kappa shape index (κ1) is 13.7. The predicted octanol–water partition coefficient (Wildman–Crippen LogP) is 2.61. The summed E-state index contributed by atoms with van der Waals surface area (Å²) in [6.45, 7) is 9.13. The van der Waals surface area contributed by atoms with Gasteiger partial charge in [0.1, 0.15) is 0 Å². The molecule has 1 aliphatic heterocycles. The van der Waals surface area contributed by atoms with Crippen molar-refractivity contribution < 1.29 is 8.42 Å². The largest absolute Gasteiger partial charge is 0.235 e. The molecule has 0 spiro atoms. The fourth-order valence-electron chi connectivity index (χ4n) is 2.47. The molecule has 1 aliphatic rings. The fourth-order valence-corrected chi connectivity index (χ4v) is 3.46. The third-order valence-corrected chi connectivity index (χ3v) is 5.01. The van der Waals surface area contributed by atoms with Crippen molar-refractivity contribution in [3.63, 3.8) is 0 Å². The van der Waals surface area contributed by atoms with Crippen LogP contribution >= 0.6 is 0 Å². The number of sulfonamides is 1. The average molecular weight is 245 g/mol. The minimum Gasteiger partial charge on any atom is -0.208 e. The molecule has 1 saturated heterocycles. The molecule has 3 nitrogen and oxygen atoms in total. The van der Waals surface area contributed by atoms with Crippen LogP contribution in [-0.4, -0.2) is 25.8 Å². The third-order valence-electron chi connectivity index (χ3n) is 3.54. The SMILES string of the molecule is C=CS(=O)(=O)N1CCCC(C(C)CCC)C1. The normalized spacial score (nSPS) is 25.2. The highest BCUT2D eigenvalue weighted by Crippen LogP contribution is 2.28. The number of nitrogens with zero attached hydrogens (tertiary/aromatic N) is 1. The Labute approximate surface area is 99.6 Å². The summed E-state index contributed by atoms with van der Waals surface area (Å²) in [6.07, 6.45) is 4.49. The lowest BCUT2D eigenvalue weighted by Crippen LogP contribution is -2.40. The molecule has 0 radical (unpaired) electrons. The van der Waals surface area contributed by atoms with Crippen molar-refractivity contribution in [2.24, 2.45) is 11.8 Å². The first-order valence-corrected chi connectivity index (χ1v) is 7.64. The average Bonchev–Trinajstić information content (AvgIpc) is 2.29. The van der Waals surface area contributed by atoms with Gasteiger partial charge in [-0.15, -0.1) is 0 Å². The summed E-state index contributed by atoms with van der Waals surface area (Å²) in [5, 5.41) is 1.07. The molecule has 1 fully saturated rings. The van der Waals surface area contributed by atoms with Gasteiger partial charge in [-0.2, -0.15) is 4.31 Å². The molecular formula is C12H23NO2S. The minimum absolute atomic E-state index is 0.517. The van der Waals surface area contributed by atoms with Gasteiger partial charge in [-0.1, -0.05) is 33.3 Å². The van der Waals surface area contributed by atoms with Crippen LogP contribution in [0.1, 0.15) is 39.5 Å². The lowest BCUT2D eigenvalue weighted by Gasteiger charge is -2.34. The van der Waals surface area contributed by atoms with E-state index >= 15 is 0 Å². The van der Waals surface area contributed by atoms with E-state index in [1.807, 2.05) is 0 Å². The van der Waals surface area contributed by atoms with Gasteiger partial charge in [0, 0.05) is 18.5 Å². The molecule has 0 aromatic heterocycles. The molecule has 0 aromatic rings. The number of hydrogen-bond acceptors (Lipinski definition) is 2. The molecule has 0 N–H and O–H groups in total. The fraction of sp³-hybridized carbons (Fsp3) is 0.833. The van der Waals surface area contributed by atoms with E-state index in [0.29, 0.717) is 24.9 Å². The van der Waals surface area contributed by atoms with Crippen molar-refractivity contribution in [1.29, 1.82) is 0 Å². The van der Waals surface area contributed by atoms with Gasteiger partial charge in [0.25, 0.3) is 0 Å². The van der Waals surface area contributed by atoms with Crippen molar-refractivity contribution >= 4 is 10.0 Å². The highest BCUT2D eigenvalue weighted by atomic mass is 32.2. The minimum atomic E-state index is -3.21. The summed E-state index contributed by atoms with van der Waals surface area (Å²) in [4.78, 5) is 0. The topological polar surface area (TPSA) is 37.4 Å². The highest BCUT2D eigenvalue weighted by molar-refractivity contribution is 7.92. The lowest BCUT2D eigenvalue weighted by atomic mass is 9.85. The molecule has 0 bridgehead atoms. The van der Waals surface area contributed by atoms with Crippen molar-refractivity contribution in [3.8, 4) is 0 Å². The number of hydrogen-bond donors (Lipinski definition) is 0. The summed E-state index contributed by atoms with van der Waals surface area (Å²) in [5.74, 6) is 1.14. The van der Waals surface area contributed by atoms with Gasteiger partial charge in [0.05, 0.1) is 0 Å². The number of rotatable bonds is 5. The molecule has 1 heterocycles. The molecule has 0 saturated carbocycles. The van der Waals surface area contributed by atoms with Crippen LogP contribution in [0.2, 0.25) is 0 Å². The van der Waals surface area contributed by atoms with Crippen LogP contribution in [0.4, 0.5) is 0 Å². The van der Waals surface area contributed by atoms with Gasteiger partial charge in [0.2, 0.25) is 10.0 Å². The number of piperidine rings is 1. The zero-order valence-corrected chi connectivity index (χ0v) is 11.2. The first-order valence-electron chi connectivity index (χ1n) is 6.13. The first-order chi connectivity index (χ1) is 7.51. The Morgan fingerprint density at radius 1 is 1.56 bits per heavy atom. The summed E-state index contributed by atoms with van der Waals surface area (Å²) < 4.78 is 25.0. The molecule has 16 heavy (non-hydrogen) atoms. The van der Waals surface area contributed by atoms with Crippen molar-refractivity contribution in [3.05, 3.63) is 12.0 Å². The summed E-state index contributed by atoms with van der Waals surface area (Å²) in [5.41, 5.74) is 0. The molecular weight excluding hydrogens is 222 g/mol. The van der Waals surface area contributed by atoms with Gasteiger partial charge in [-0.25, -0.2) is 8.42 Å². The van der Waals surface area contributed by atoms with E-state index in [0.717, 1.165) is 18.2 Å². The van der Waals surface area contributed by atoms with E-state index < -0.39 is 10.0 Å². The Morgan fingerprint density at radius 2 is 2.25 bits per heavy atom. The molecule has 0 amide bonds. The lowest BCUT2D eigenvalue weighted by molar-refractivity contribution is 0.203. The summed E-state index contributed by atoms with van der Waals surface area (Å²) in [7, 11) is -3.21. The van der Waals surface area contributed by atoms with E-state index in [2.05, 4.69) is 20.4 Å². The van der Waals surface area contributed by atoms with Crippen molar-refractivity contribution in [1.82, 2.24) is 4.31 Å². The van der Waals surface area contributed by atoms with Crippen LogP contribution in [0.3, 0.4) is 0 Å². The van der Waals surface area contributed by atoms with Crippen LogP contribution in [0.15, 0.2) is 12.0 Å². The molecule has 4 heteroatoms. The second-order valence-corrected chi connectivity index (χ2v) is 6.62. The van der Waals surface area contributed by atoms with Gasteiger partial charge in [-0.3, -0.25) is 0 Å². The smallest absolute Gasteiger partial charge is 0.208 e. The molecule has 2 atom stereocenters. The van der Waals surface area contributed by atoms with Gasteiger partial charge >= 0.3 is 0 Å². The standard InChI is InChI=1S/C12H23NO2S/c1-4-7-11(3)12-8-6-9-13(10-12)16(14,15)5-2/h5,11-12H,2,4,6-10H2,1,3H3. The van der Waals surface area contributed by atoms with E-state index in [4.69, 9.17) is 0 Å². The molecule has 0 aromatic carbocycles. The Bertz CT molecular complexity index is 324. The third kappa shape index (κ3) is 3.32. The summed E-state index contributed by atoms with van der Waals surface area (Å²) in [6, 6.07) is 0. The van der Waals surface area contributed by atoms with Gasteiger partial charge in [0.15, 0.2) is 0 Å². The van der Waals surface area contributed by atoms with Crippen LogP contribution in [0.25, 0.3) is 0 Å². The Kier molecular flexibility index (Phi) is 4.99. The Hall–Kier alpha value is -0.350. The maximum absolute atomic E-state index is 11.7. The van der Waals surface area contributed by atoms with Gasteiger partial charge in [-0.05, 0) is 24.7 Å². The van der Waals surface area contributed by atoms with Crippen LogP contribution < -0.4 is 0 Å². The second kappa shape index (κ2) is 5.82. The highest BCUT2D eigenvalue weighted by Gasteiger charge is 2.29. The summed E-state index contributed by atoms with van der Waals surface area (Å²) >= 11 is 0. The van der Waals surface area contributed by atoms with Gasteiger partial charge < -0.3 is 0 Å². The van der Waals surface area contributed by atoms with Crippen LogP contribution in [0, 0.1) is 11.8 Å². The quantitative estimate of drug-likeness (QED) is 0.746. The van der Waals surface area contributed by atoms with Crippen molar-refractivity contribution in [2.75, 3.05) is 13.1 Å². The Balaban J connectivity index is 2.63. The van der Waals surface area contributed by atoms with Crippen LogP contribution in [0.5, 0.6) is 0 Å².